The Balaban J connectivity index is 2.33. The number of nitrogens with zero attached hydrogens (tertiary/aromatic N) is 1. The van der Waals surface area contributed by atoms with E-state index in [1.54, 1.807) is 11.3 Å². The quantitative estimate of drug-likeness (QED) is 0.719. The molecule has 0 saturated carbocycles. The number of para-hydroxylation sites is 1. The highest BCUT2D eigenvalue weighted by atomic mass is 32.1. The van der Waals surface area contributed by atoms with Gasteiger partial charge >= 0.3 is 0 Å². The zero-order valence-electron chi connectivity index (χ0n) is 7.53. The fourth-order valence-electron chi connectivity index (χ4n) is 1.12. The molecule has 0 atom stereocenters. The topological polar surface area (TPSA) is 33.1 Å². The Morgan fingerprint density at radius 1 is 1.36 bits per heavy atom. The van der Waals surface area contributed by atoms with E-state index in [0.29, 0.717) is 6.42 Å². The first kappa shape index (κ1) is 9.20. The monoisotopic (exact) mass is 203 g/mol. The Kier molecular flexibility index (Phi) is 2.78. The SMILES string of the molecule is OCCC#Cc1nc2ccccc2s1. The van der Waals surface area contributed by atoms with Gasteiger partial charge in [-0.05, 0) is 18.1 Å². The summed E-state index contributed by atoms with van der Waals surface area (Å²) in [7, 11) is 0. The molecule has 0 aliphatic heterocycles. The molecule has 14 heavy (non-hydrogen) atoms. The number of aromatic nitrogens is 1. The average Bonchev–Trinajstić information content (AvgIpc) is 2.60. The van der Waals surface area contributed by atoms with E-state index in [4.69, 9.17) is 5.11 Å². The van der Waals surface area contributed by atoms with Crippen molar-refractivity contribution < 1.29 is 5.11 Å². The average molecular weight is 203 g/mol. The van der Waals surface area contributed by atoms with Gasteiger partial charge in [0, 0.05) is 6.42 Å². The predicted octanol–water partition coefficient (Wildman–Crippen LogP) is 2.03. The molecule has 0 radical (unpaired) electrons. The maximum atomic E-state index is 8.56. The molecule has 0 amide bonds. The number of aliphatic hydroxyl groups excluding tert-OH is 1. The third-order valence-corrected chi connectivity index (χ3v) is 2.68. The number of benzene rings is 1. The van der Waals surface area contributed by atoms with Gasteiger partial charge in [-0.3, -0.25) is 0 Å². The van der Waals surface area contributed by atoms with Gasteiger partial charge in [-0.1, -0.05) is 18.1 Å². The van der Waals surface area contributed by atoms with Crippen molar-refractivity contribution in [1.82, 2.24) is 4.98 Å². The van der Waals surface area contributed by atoms with Gasteiger partial charge in [0.15, 0.2) is 5.01 Å². The van der Waals surface area contributed by atoms with Gasteiger partial charge in [-0.15, -0.1) is 11.3 Å². The molecule has 2 aromatic rings. The molecule has 2 rings (SSSR count). The summed E-state index contributed by atoms with van der Waals surface area (Å²) in [6.07, 6.45) is 0.510. The molecule has 0 saturated heterocycles. The fourth-order valence-corrected chi connectivity index (χ4v) is 1.96. The second-order valence-electron chi connectivity index (χ2n) is 2.76. The van der Waals surface area contributed by atoms with Gasteiger partial charge in [0.05, 0.1) is 16.8 Å². The highest BCUT2D eigenvalue weighted by Crippen LogP contribution is 2.20. The van der Waals surface area contributed by atoms with E-state index in [2.05, 4.69) is 16.8 Å². The largest absolute Gasteiger partial charge is 0.395 e. The Labute approximate surface area is 86.2 Å². The second-order valence-corrected chi connectivity index (χ2v) is 3.79. The Hall–Kier alpha value is -1.37. The van der Waals surface area contributed by atoms with Gasteiger partial charge in [0.25, 0.3) is 0 Å². The molecule has 70 valence electrons. The van der Waals surface area contributed by atoms with E-state index in [1.165, 1.54) is 0 Å². The van der Waals surface area contributed by atoms with E-state index < -0.39 is 0 Å². The van der Waals surface area contributed by atoms with Crippen LogP contribution in [0.25, 0.3) is 10.2 Å². The van der Waals surface area contributed by atoms with Gasteiger partial charge in [-0.25, -0.2) is 4.98 Å². The lowest BCUT2D eigenvalue weighted by molar-refractivity contribution is 0.305. The first-order valence-corrected chi connectivity index (χ1v) is 5.17. The lowest BCUT2D eigenvalue weighted by atomic mass is 10.3. The maximum absolute atomic E-state index is 8.56. The van der Waals surface area contributed by atoms with E-state index in [1.807, 2.05) is 24.3 Å². The Bertz CT molecular complexity index is 459. The minimum atomic E-state index is 0.109. The van der Waals surface area contributed by atoms with Crippen LogP contribution in [0.1, 0.15) is 11.4 Å². The van der Waals surface area contributed by atoms with E-state index in [0.717, 1.165) is 15.2 Å². The first-order valence-electron chi connectivity index (χ1n) is 4.35. The molecule has 0 unspecified atom stereocenters. The minimum Gasteiger partial charge on any atom is -0.395 e. The number of hydrogen-bond acceptors (Lipinski definition) is 3. The maximum Gasteiger partial charge on any atom is 0.168 e. The predicted molar refractivity (Wildman–Crippen MR) is 58.2 cm³/mol. The number of fused-ring (bicyclic) bond motifs is 1. The summed E-state index contributed by atoms with van der Waals surface area (Å²) in [5, 5.41) is 9.38. The molecule has 1 N–H and O–H groups in total. The van der Waals surface area contributed by atoms with Crippen molar-refractivity contribution in [2.45, 2.75) is 6.42 Å². The van der Waals surface area contributed by atoms with Crippen LogP contribution < -0.4 is 0 Å². The van der Waals surface area contributed by atoms with Crippen LogP contribution in [-0.4, -0.2) is 16.7 Å². The van der Waals surface area contributed by atoms with Crippen LogP contribution in [0.15, 0.2) is 24.3 Å². The molecule has 0 aliphatic rings. The van der Waals surface area contributed by atoms with Crippen molar-refractivity contribution in [3.8, 4) is 11.8 Å². The summed E-state index contributed by atoms with van der Waals surface area (Å²) in [5.74, 6) is 5.79. The molecule has 0 bridgehead atoms. The zero-order valence-corrected chi connectivity index (χ0v) is 8.34. The Morgan fingerprint density at radius 2 is 2.21 bits per heavy atom. The summed E-state index contributed by atoms with van der Waals surface area (Å²) in [5.41, 5.74) is 0.991. The Morgan fingerprint density at radius 3 is 3.00 bits per heavy atom. The highest BCUT2D eigenvalue weighted by molar-refractivity contribution is 7.19. The third-order valence-electron chi connectivity index (χ3n) is 1.73. The van der Waals surface area contributed by atoms with Gasteiger partial charge in [0.2, 0.25) is 0 Å². The summed E-state index contributed by atoms with van der Waals surface area (Å²) in [6.45, 7) is 0.109. The number of thiazole rings is 1. The highest BCUT2D eigenvalue weighted by Gasteiger charge is 1.98. The van der Waals surface area contributed by atoms with Crippen LogP contribution in [0.3, 0.4) is 0 Å². The molecule has 3 heteroatoms. The molecule has 1 heterocycles. The zero-order chi connectivity index (χ0) is 9.80. The molecule has 2 nitrogen and oxygen atoms in total. The van der Waals surface area contributed by atoms with Crippen molar-refractivity contribution in [2.24, 2.45) is 0 Å². The molecule has 0 aliphatic carbocycles. The van der Waals surface area contributed by atoms with Crippen LogP contribution in [0.5, 0.6) is 0 Å². The van der Waals surface area contributed by atoms with Gasteiger partial charge in [-0.2, -0.15) is 0 Å². The molecule has 1 aromatic carbocycles. The second kappa shape index (κ2) is 4.23. The standard InChI is InChI=1S/C11H9NOS/c13-8-4-3-7-11-12-9-5-1-2-6-10(9)14-11/h1-2,5-6,13H,4,8H2. The van der Waals surface area contributed by atoms with Crippen LogP contribution in [0.2, 0.25) is 0 Å². The molecule has 0 spiro atoms. The van der Waals surface area contributed by atoms with E-state index >= 15 is 0 Å². The lowest BCUT2D eigenvalue weighted by Crippen LogP contribution is -1.76. The van der Waals surface area contributed by atoms with Crippen molar-refractivity contribution >= 4 is 21.6 Å². The summed E-state index contributed by atoms with van der Waals surface area (Å²) in [4.78, 5) is 4.35. The van der Waals surface area contributed by atoms with Crippen molar-refractivity contribution in [1.29, 1.82) is 0 Å². The third kappa shape index (κ3) is 1.92. The number of rotatable bonds is 1. The molecular formula is C11H9NOS. The van der Waals surface area contributed by atoms with Gasteiger partial charge < -0.3 is 5.11 Å². The smallest absolute Gasteiger partial charge is 0.168 e. The summed E-state index contributed by atoms with van der Waals surface area (Å²) in [6, 6.07) is 7.96. The van der Waals surface area contributed by atoms with Crippen LogP contribution >= 0.6 is 11.3 Å². The molecular weight excluding hydrogens is 194 g/mol. The number of hydrogen-bond donors (Lipinski definition) is 1. The van der Waals surface area contributed by atoms with Crippen molar-refractivity contribution in [2.75, 3.05) is 6.61 Å². The van der Waals surface area contributed by atoms with Crippen molar-refractivity contribution in [3.63, 3.8) is 0 Å². The first-order chi connectivity index (χ1) is 6.90. The molecule has 0 fully saturated rings. The van der Waals surface area contributed by atoms with E-state index in [-0.39, 0.29) is 6.61 Å². The number of aliphatic hydroxyl groups is 1. The van der Waals surface area contributed by atoms with Crippen LogP contribution in [0, 0.1) is 11.8 Å². The summed E-state index contributed by atoms with van der Waals surface area (Å²) < 4.78 is 1.15. The lowest BCUT2D eigenvalue weighted by Gasteiger charge is -1.80. The fraction of sp³-hybridized carbons (Fsp3) is 0.182. The van der Waals surface area contributed by atoms with Gasteiger partial charge in [0.1, 0.15) is 0 Å². The van der Waals surface area contributed by atoms with Crippen LogP contribution in [0.4, 0.5) is 0 Å². The molecule has 1 aromatic heterocycles. The van der Waals surface area contributed by atoms with Crippen LogP contribution in [-0.2, 0) is 0 Å². The normalized spacial score (nSPS) is 9.79. The van der Waals surface area contributed by atoms with E-state index in [9.17, 15) is 0 Å². The van der Waals surface area contributed by atoms with Crippen molar-refractivity contribution in [3.05, 3.63) is 29.3 Å². The minimum absolute atomic E-state index is 0.109. The summed E-state index contributed by atoms with van der Waals surface area (Å²) >= 11 is 1.58.